The molecular weight excluding hydrogens is 309 g/mol. The lowest BCUT2D eigenvalue weighted by Gasteiger charge is -2.14. The quantitative estimate of drug-likeness (QED) is 0.788. The second-order valence-electron chi connectivity index (χ2n) is 4.77. The first-order chi connectivity index (χ1) is 9.38. The van der Waals surface area contributed by atoms with Crippen LogP contribution in [0.3, 0.4) is 0 Å². The van der Waals surface area contributed by atoms with Gasteiger partial charge in [0.2, 0.25) is 0 Å². The third kappa shape index (κ3) is 4.59. The number of aliphatic hydroxyl groups is 1. The van der Waals surface area contributed by atoms with Gasteiger partial charge in [-0.3, -0.25) is 4.79 Å². The topological polar surface area (TPSA) is 61.4 Å². The first-order valence-corrected chi connectivity index (χ1v) is 6.22. The van der Waals surface area contributed by atoms with Crippen molar-refractivity contribution < 1.29 is 23.1 Å². The van der Waals surface area contributed by atoms with Crippen molar-refractivity contribution >= 4 is 18.3 Å². The molecule has 3 N–H and O–H groups in total. The molecule has 1 aromatic rings. The summed E-state index contributed by atoms with van der Waals surface area (Å²) >= 11 is 0. The van der Waals surface area contributed by atoms with Crippen molar-refractivity contribution in [2.24, 2.45) is 5.92 Å². The van der Waals surface area contributed by atoms with Crippen molar-refractivity contribution in [2.75, 3.05) is 19.6 Å². The molecule has 8 heteroatoms. The molecule has 2 atom stereocenters. The summed E-state index contributed by atoms with van der Waals surface area (Å²) in [6, 6.07) is 4.26. The average Bonchev–Trinajstić information content (AvgIpc) is 2.81. The second kappa shape index (κ2) is 7.11. The zero-order valence-corrected chi connectivity index (χ0v) is 11.8. The number of rotatable bonds is 3. The zero-order valence-electron chi connectivity index (χ0n) is 11.0. The van der Waals surface area contributed by atoms with Crippen LogP contribution in [-0.2, 0) is 6.18 Å². The van der Waals surface area contributed by atoms with E-state index < -0.39 is 23.8 Å². The summed E-state index contributed by atoms with van der Waals surface area (Å²) in [7, 11) is 0. The maximum absolute atomic E-state index is 12.5. The van der Waals surface area contributed by atoms with Gasteiger partial charge < -0.3 is 15.7 Å². The SMILES string of the molecule is Cl.O=C(NCC1CNCC1O)c1cccc(C(F)(F)F)c1. The summed E-state index contributed by atoms with van der Waals surface area (Å²) in [6.45, 7) is 1.26. The number of alkyl halides is 3. The molecule has 118 valence electrons. The Balaban J connectivity index is 0.00000220. The molecule has 1 fully saturated rings. The summed E-state index contributed by atoms with van der Waals surface area (Å²) in [6.07, 6.45) is -5.02. The fourth-order valence-electron chi connectivity index (χ4n) is 2.09. The molecule has 21 heavy (non-hydrogen) atoms. The minimum Gasteiger partial charge on any atom is -0.391 e. The Bertz CT molecular complexity index is 497. The Labute approximate surface area is 126 Å². The Morgan fingerprint density at radius 1 is 1.38 bits per heavy atom. The number of nitrogens with one attached hydrogen (secondary N) is 2. The molecular formula is C13H16ClF3N2O2. The molecule has 0 aromatic heterocycles. The first kappa shape index (κ1) is 17.7. The molecule has 0 aliphatic carbocycles. The maximum atomic E-state index is 12.5. The van der Waals surface area contributed by atoms with E-state index in [1.54, 1.807) is 0 Å². The molecule has 1 aliphatic rings. The highest BCUT2D eigenvalue weighted by Gasteiger charge is 2.31. The van der Waals surface area contributed by atoms with E-state index in [9.17, 15) is 23.1 Å². The van der Waals surface area contributed by atoms with Crippen molar-refractivity contribution in [2.45, 2.75) is 12.3 Å². The third-order valence-electron chi connectivity index (χ3n) is 3.28. The summed E-state index contributed by atoms with van der Waals surface area (Å²) < 4.78 is 37.6. The lowest BCUT2D eigenvalue weighted by molar-refractivity contribution is -0.137. The highest BCUT2D eigenvalue weighted by atomic mass is 35.5. The number of amides is 1. The van der Waals surface area contributed by atoms with Crippen LogP contribution in [0, 0.1) is 5.92 Å². The molecule has 0 saturated carbocycles. The molecule has 1 heterocycles. The van der Waals surface area contributed by atoms with Gasteiger partial charge in [0.15, 0.2) is 0 Å². The van der Waals surface area contributed by atoms with Crippen LogP contribution >= 0.6 is 12.4 Å². The molecule has 1 aromatic carbocycles. The summed E-state index contributed by atoms with van der Waals surface area (Å²) in [5.74, 6) is -0.694. The van der Waals surface area contributed by atoms with Crippen LogP contribution in [0.1, 0.15) is 15.9 Å². The van der Waals surface area contributed by atoms with Gasteiger partial charge in [0.25, 0.3) is 5.91 Å². The minimum absolute atomic E-state index is 0. The molecule has 2 rings (SSSR count). The molecule has 1 aliphatic heterocycles. The van der Waals surface area contributed by atoms with Crippen LogP contribution in [0.2, 0.25) is 0 Å². The number of β-amino-alcohol motifs (C(OH)–C–C–N with tert-alkyl or cyclic N) is 1. The predicted octanol–water partition coefficient (Wildman–Crippen LogP) is 1.44. The van der Waals surface area contributed by atoms with Crippen molar-refractivity contribution in [3.05, 3.63) is 35.4 Å². The molecule has 4 nitrogen and oxygen atoms in total. The number of aliphatic hydroxyl groups excluding tert-OH is 1. The van der Waals surface area contributed by atoms with Crippen molar-refractivity contribution in [3.8, 4) is 0 Å². The smallest absolute Gasteiger partial charge is 0.391 e. The van der Waals surface area contributed by atoms with Gasteiger partial charge in [-0.15, -0.1) is 12.4 Å². The standard InChI is InChI=1S/C13H15F3N2O2.ClH/c14-13(15,16)10-3-1-2-8(4-10)12(20)18-6-9-5-17-7-11(9)19;/h1-4,9,11,17,19H,5-7H2,(H,18,20);1H. The number of hydrogen-bond acceptors (Lipinski definition) is 3. The fourth-order valence-corrected chi connectivity index (χ4v) is 2.09. The number of carbonyl (C=O) groups excluding carboxylic acids is 1. The van der Waals surface area contributed by atoms with Gasteiger partial charge >= 0.3 is 6.18 Å². The summed E-state index contributed by atoms with van der Waals surface area (Å²) in [4.78, 5) is 11.8. The van der Waals surface area contributed by atoms with Crippen LogP contribution in [0.15, 0.2) is 24.3 Å². The van der Waals surface area contributed by atoms with E-state index in [0.717, 1.165) is 12.1 Å². The monoisotopic (exact) mass is 324 g/mol. The van der Waals surface area contributed by atoms with Crippen LogP contribution in [-0.4, -0.2) is 36.8 Å². The maximum Gasteiger partial charge on any atom is 0.416 e. The number of benzene rings is 1. The van der Waals surface area contributed by atoms with Crippen molar-refractivity contribution in [3.63, 3.8) is 0 Å². The average molecular weight is 325 g/mol. The minimum atomic E-state index is -4.47. The van der Waals surface area contributed by atoms with E-state index in [4.69, 9.17) is 0 Å². The van der Waals surface area contributed by atoms with E-state index >= 15 is 0 Å². The highest BCUT2D eigenvalue weighted by molar-refractivity contribution is 5.94. The zero-order chi connectivity index (χ0) is 14.8. The third-order valence-corrected chi connectivity index (χ3v) is 3.28. The molecule has 0 radical (unpaired) electrons. The summed E-state index contributed by atoms with van der Waals surface area (Å²) in [5, 5.41) is 15.1. The van der Waals surface area contributed by atoms with Crippen LogP contribution in [0.25, 0.3) is 0 Å². The van der Waals surface area contributed by atoms with E-state index in [0.29, 0.717) is 13.1 Å². The molecule has 1 saturated heterocycles. The predicted molar refractivity (Wildman–Crippen MR) is 73.4 cm³/mol. The van der Waals surface area contributed by atoms with Gasteiger partial charge in [0.1, 0.15) is 0 Å². The normalized spacial score (nSPS) is 21.7. The number of halogens is 4. The van der Waals surface area contributed by atoms with E-state index in [2.05, 4.69) is 10.6 Å². The van der Waals surface area contributed by atoms with E-state index in [1.807, 2.05) is 0 Å². The van der Waals surface area contributed by atoms with Gasteiger partial charge in [0, 0.05) is 31.1 Å². The van der Waals surface area contributed by atoms with Gasteiger partial charge in [-0.1, -0.05) is 6.07 Å². The van der Waals surface area contributed by atoms with E-state index in [-0.39, 0.29) is 30.4 Å². The lowest BCUT2D eigenvalue weighted by atomic mass is 10.1. The Kier molecular flexibility index (Phi) is 6.00. The van der Waals surface area contributed by atoms with Crippen LogP contribution < -0.4 is 10.6 Å². The Morgan fingerprint density at radius 3 is 2.67 bits per heavy atom. The van der Waals surface area contributed by atoms with Crippen LogP contribution in [0.4, 0.5) is 13.2 Å². The van der Waals surface area contributed by atoms with Gasteiger partial charge in [-0.05, 0) is 18.2 Å². The molecule has 0 spiro atoms. The van der Waals surface area contributed by atoms with Gasteiger partial charge in [0.05, 0.1) is 11.7 Å². The van der Waals surface area contributed by atoms with E-state index in [1.165, 1.54) is 12.1 Å². The number of carbonyl (C=O) groups is 1. The van der Waals surface area contributed by atoms with Crippen molar-refractivity contribution in [1.82, 2.24) is 10.6 Å². The molecule has 0 bridgehead atoms. The van der Waals surface area contributed by atoms with Gasteiger partial charge in [-0.25, -0.2) is 0 Å². The van der Waals surface area contributed by atoms with Crippen LogP contribution in [0.5, 0.6) is 0 Å². The fraction of sp³-hybridized carbons (Fsp3) is 0.462. The highest BCUT2D eigenvalue weighted by Crippen LogP contribution is 2.29. The first-order valence-electron chi connectivity index (χ1n) is 6.22. The van der Waals surface area contributed by atoms with Gasteiger partial charge in [-0.2, -0.15) is 13.2 Å². The van der Waals surface area contributed by atoms with Crippen molar-refractivity contribution in [1.29, 1.82) is 0 Å². The Morgan fingerprint density at radius 2 is 2.10 bits per heavy atom. The second-order valence-corrected chi connectivity index (χ2v) is 4.77. The number of hydrogen-bond donors (Lipinski definition) is 3. The lowest BCUT2D eigenvalue weighted by Crippen LogP contribution is -2.34. The molecule has 1 amide bonds. The molecule has 2 unspecified atom stereocenters. The largest absolute Gasteiger partial charge is 0.416 e. The Hall–Kier alpha value is -1.31. The summed E-state index contributed by atoms with van der Waals surface area (Å²) in [5.41, 5.74) is -0.895.